The Morgan fingerprint density at radius 3 is 1.56 bits per heavy atom. The lowest BCUT2D eigenvalue weighted by Crippen LogP contribution is -2.04. The predicted octanol–water partition coefficient (Wildman–Crippen LogP) is 5.67. The third-order valence-electron chi connectivity index (χ3n) is 3.57. The first-order chi connectivity index (χ1) is 8.63. The van der Waals surface area contributed by atoms with Crippen LogP contribution >= 0.6 is 0 Å². The number of hydrogen-bond donors (Lipinski definition) is 0. The highest BCUT2D eigenvalue weighted by atomic mass is 14.2. The first-order valence-electron chi connectivity index (χ1n) is 7.78. The van der Waals surface area contributed by atoms with Gasteiger partial charge in [-0.2, -0.15) is 0 Å². The van der Waals surface area contributed by atoms with E-state index in [2.05, 4.69) is 46.8 Å². The summed E-state index contributed by atoms with van der Waals surface area (Å²) in [7, 11) is 0. The fourth-order valence-corrected chi connectivity index (χ4v) is 2.98. The van der Waals surface area contributed by atoms with Crippen molar-refractivity contribution in [2.24, 2.45) is 0 Å². The molecule has 0 aliphatic heterocycles. The molecular weight excluding hydrogens is 216 g/mol. The molecule has 1 aromatic rings. The molecule has 0 saturated heterocycles. The Labute approximate surface area is 114 Å². The van der Waals surface area contributed by atoms with E-state index in [1.807, 2.05) is 0 Å². The van der Waals surface area contributed by atoms with E-state index in [1.165, 1.54) is 38.5 Å². The molecule has 0 N–H and O–H groups in total. The molecule has 0 aliphatic rings. The highest BCUT2D eigenvalue weighted by Crippen LogP contribution is 2.28. The molecule has 0 amide bonds. The second-order valence-corrected chi connectivity index (χ2v) is 5.73. The minimum Gasteiger partial charge on any atom is -0.0651 e. The van der Waals surface area contributed by atoms with Crippen molar-refractivity contribution < 1.29 is 0 Å². The van der Waals surface area contributed by atoms with Crippen LogP contribution in [0.5, 0.6) is 0 Å². The molecule has 0 saturated carbocycles. The van der Waals surface area contributed by atoms with Crippen molar-refractivity contribution in [3.63, 3.8) is 0 Å². The fourth-order valence-electron chi connectivity index (χ4n) is 2.98. The highest BCUT2D eigenvalue weighted by molar-refractivity contribution is 5.41. The van der Waals surface area contributed by atoms with Crippen molar-refractivity contribution in [3.8, 4) is 0 Å². The zero-order chi connectivity index (χ0) is 13.5. The topological polar surface area (TPSA) is 0 Å². The standard InChI is InChI=1S/C18H30/c1-6-9-15-12-16(10-7-2)18(14(4)5)17(13-15)11-8-3/h12-14H,6-11H2,1-5H3. The van der Waals surface area contributed by atoms with Crippen molar-refractivity contribution in [1.82, 2.24) is 0 Å². The van der Waals surface area contributed by atoms with Gasteiger partial charge in [0.05, 0.1) is 0 Å². The smallest absolute Gasteiger partial charge is 0.0213 e. The highest BCUT2D eigenvalue weighted by Gasteiger charge is 2.13. The average molecular weight is 246 g/mol. The minimum atomic E-state index is 0.656. The molecular formula is C18H30. The molecule has 0 aliphatic carbocycles. The first-order valence-corrected chi connectivity index (χ1v) is 7.78. The van der Waals surface area contributed by atoms with Crippen LogP contribution in [0.4, 0.5) is 0 Å². The summed E-state index contributed by atoms with van der Waals surface area (Å²) >= 11 is 0. The Hall–Kier alpha value is -0.780. The third-order valence-corrected chi connectivity index (χ3v) is 3.57. The molecule has 1 rings (SSSR count). The Bertz CT molecular complexity index is 333. The van der Waals surface area contributed by atoms with Gasteiger partial charge in [0.15, 0.2) is 0 Å². The summed E-state index contributed by atoms with van der Waals surface area (Å²) in [5.41, 5.74) is 6.41. The van der Waals surface area contributed by atoms with Crippen molar-refractivity contribution >= 4 is 0 Å². The fraction of sp³-hybridized carbons (Fsp3) is 0.667. The maximum atomic E-state index is 2.47. The predicted molar refractivity (Wildman–Crippen MR) is 82.5 cm³/mol. The van der Waals surface area contributed by atoms with E-state index in [-0.39, 0.29) is 0 Å². The molecule has 0 bridgehead atoms. The molecule has 0 aromatic heterocycles. The normalized spacial score (nSPS) is 11.2. The summed E-state index contributed by atoms with van der Waals surface area (Å²) in [6.45, 7) is 11.5. The van der Waals surface area contributed by atoms with Crippen LogP contribution in [-0.2, 0) is 19.3 Å². The van der Waals surface area contributed by atoms with Gasteiger partial charge in [0.25, 0.3) is 0 Å². The van der Waals surface area contributed by atoms with Gasteiger partial charge in [0.2, 0.25) is 0 Å². The Balaban J connectivity index is 3.24. The summed E-state index contributed by atoms with van der Waals surface area (Å²) in [5.74, 6) is 0.656. The van der Waals surface area contributed by atoms with Gasteiger partial charge >= 0.3 is 0 Å². The van der Waals surface area contributed by atoms with Crippen LogP contribution in [0.2, 0.25) is 0 Å². The summed E-state index contributed by atoms with van der Waals surface area (Å²) in [4.78, 5) is 0. The van der Waals surface area contributed by atoms with Gasteiger partial charge in [0.1, 0.15) is 0 Å². The second-order valence-electron chi connectivity index (χ2n) is 5.73. The van der Waals surface area contributed by atoms with Gasteiger partial charge < -0.3 is 0 Å². The van der Waals surface area contributed by atoms with E-state index < -0.39 is 0 Å². The van der Waals surface area contributed by atoms with Gasteiger partial charge in [-0.3, -0.25) is 0 Å². The van der Waals surface area contributed by atoms with Crippen molar-refractivity contribution in [2.75, 3.05) is 0 Å². The van der Waals surface area contributed by atoms with Gasteiger partial charge in [-0.25, -0.2) is 0 Å². The molecule has 18 heavy (non-hydrogen) atoms. The largest absolute Gasteiger partial charge is 0.0651 e. The molecule has 0 unspecified atom stereocenters. The molecule has 102 valence electrons. The van der Waals surface area contributed by atoms with E-state index in [0.717, 1.165) is 0 Å². The number of rotatable bonds is 7. The monoisotopic (exact) mass is 246 g/mol. The lowest BCUT2D eigenvalue weighted by atomic mass is 9.86. The molecule has 0 heterocycles. The summed E-state index contributed by atoms with van der Waals surface area (Å²) in [6.07, 6.45) is 7.45. The Morgan fingerprint density at radius 2 is 1.22 bits per heavy atom. The third kappa shape index (κ3) is 3.86. The zero-order valence-corrected chi connectivity index (χ0v) is 13.0. The molecule has 0 atom stereocenters. The van der Waals surface area contributed by atoms with Crippen molar-refractivity contribution in [2.45, 2.75) is 79.1 Å². The molecule has 0 heteroatoms. The van der Waals surface area contributed by atoms with E-state index in [1.54, 1.807) is 22.3 Å². The maximum absolute atomic E-state index is 2.47. The van der Waals surface area contributed by atoms with Crippen LogP contribution in [-0.4, -0.2) is 0 Å². The van der Waals surface area contributed by atoms with Crippen LogP contribution in [0.1, 0.15) is 82.1 Å². The Kier molecular flexibility index (Phi) is 6.46. The molecule has 0 fully saturated rings. The first kappa shape index (κ1) is 15.3. The molecule has 0 spiro atoms. The molecule has 0 nitrogen and oxygen atoms in total. The van der Waals surface area contributed by atoms with E-state index in [9.17, 15) is 0 Å². The average Bonchev–Trinajstić information content (AvgIpc) is 2.29. The molecule has 1 aromatic carbocycles. The van der Waals surface area contributed by atoms with Gasteiger partial charge in [0, 0.05) is 0 Å². The van der Waals surface area contributed by atoms with Crippen LogP contribution < -0.4 is 0 Å². The van der Waals surface area contributed by atoms with Crippen molar-refractivity contribution in [1.29, 1.82) is 0 Å². The van der Waals surface area contributed by atoms with Crippen LogP contribution in [0.25, 0.3) is 0 Å². The lowest BCUT2D eigenvalue weighted by molar-refractivity contribution is 0.781. The number of hydrogen-bond acceptors (Lipinski definition) is 0. The zero-order valence-electron chi connectivity index (χ0n) is 13.0. The minimum absolute atomic E-state index is 0.656. The van der Waals surface area contributed by atoms with Gasteiger partial charge in [-0.1, -0.05) is 66.0 Å². The SMILES string of the molecule is CCCc1cc(CCC)c(C(C)C)c(CCC)c1. The quantitative estimate of drug-likeness (QED) is 0.581. The number of benzene rings is 1. The van der Waals surface area contributed by atoms with Crippen molar-refractivity contribution in [3.05, 3.63) is 34.4 Å². The molecule has 0 radical (unpaired) electrons. The van der Waals surface area contributed by atoms with E-state index >= 15 is 0 Å². The van der Waals surface area contributed by atoms with E-state index in [0.29, 0.717) is 5.92 Å². The second kappa shape index (κ2) is 7.61. The number of aryl methyl sites for hydroxylation is 3. The summed E-state index contributed by atoms with van der Waals surface area (Å²) in [5, 5.41) is 0. The van der Waals surface area contributed by atoms with Gasteiger partial charge in [-0.15, -0.1) is 0 Å². The Morgan fingerprint density at radius 1 is 0.778 bits per heavy atom. The van der Waals surface area contributed by atoms with Gasteiger partial charge in [-0.05, 0) is 47.4 Å². The van der Waals surface area contributed by atoms with E-state index in [4.69, 9.17) is 0 Å². The van der Waals surface area contributed by atoms with Crippen LogP contribution in [0.3, 0.4) is 0 Å². The van der Waals surface area contributed by atoms with Crippen LogP contribution in [0, 0.1) is 0 Å². The lowest BCUT2D eigenvalue weighted by Gasteiger charge is -2.20. The summed E-state index contributed by atoms with van der Waals surface area (Å²) < 4.78 is 0. The van der Waals surface area contributed by atoms with Crippen LogP contribution in [0.15, 0.2) is 12.1 Å². The summed E-state index contributed by atoms with van der Waals surface area (Å²) in [6, 6.07) is 4.95. The maximum Gasteiger partial charge on any atom is -0.0213 e.